The van der Waals surface area contributed by atoms with Gasteiger partial charge in [0.25, 0.3) is 5.91 Å². The fourth-order valence-electron chi connectivity index (χ4n) is 5.96. The van der Waals surface area contributed by atoms with Crippen molar-refractivity contribution in [2.75, 3.05) is 11.9 Å². The number of rotatable bonds is 3. The number of ether oxygens (including phenoxy) is 1. The molecule has 0 saturated carbocycles. The van der Waals surface area contributed by atoms with Gasteiger partial charge >= 0.3 is 0 Å². The number of anilines is 1. The number of nitrogens with one attached hydrogen (secondary N) is 2. The van der Waals surface area contributed by atoms with Gasteiger partial charge in [-0.2, -0.15) is 0 Å². The van der Waals surface area contributed by atoms with E-state index in [1.807, 2.05) is 48.5 Å². The summed E-state index contributed by atoms with van der Waals surface area (Å²) in [6.45, 7) is 0.306. The van der Waals surface area contributed by atoms with Gasteiger partial charge in [0.2, 0.25) is 5.91 Å². The molecule has 1 aromatic carbocycles. The van der Waals surface area contributed by atoms with Gasteiger partial charge in [0.1, 0.15) is 5.82 Å². The molecular weight excluding hydrogens is 478 g/mol. The quantitative estimate of drug-likeness (QED) is 0.442. The van der Waals surface area contributed by atoms with Crippen molar-refractivity contribution >= 4 is 17.6 Å². The number of carbonyl (C=O) groups is 2. The lowest BCUT2D eigenvalue weighted by Gasteiger charge is -2.19. The van der Waals surface area contributed by atoms with Crippen molar-refractivity contribution in [1.82, 2.24) is 20.3 Å². The first-order valence-corrected chi connectivity index (χ1v) is 12.8. The largest absolute Gasteiger partial charge is 0.371 e. The molecule has 5 heterocycles. The van der Waals surface area contributed by atoms with Gasteiger partial charge in [-0.3, -0.25) is 19.6 Å². The van der Waals surface area contributed by atoms with Gasteiger partial charge in [-0.15, -0.1) is 0 Å². The number of benzene rings is 1. The van der Waals surface area contributed by atoms with Crippen LogP contribution in [0.3, 0.4) is 0 Å². The molecule has 3 aromatic heterocycles. The van der Waals surface area contributed by atoms with Gasteiger partial charge in [0, 0.05) is 42.7 Å². The number of pyridine rings is 3. The van der Waals surface area contributed by atoms with Crippen LogP contribution in [0.4, 0.5) is 5.82 Å². The second-order valence-corrected chi connectivity index (χ2v) is 10.1. The van der Waals surface area contributed by atoms with Gasteiger partial charge in [-0.05, 0) is 41.3 Å². The van der Waals surface area contributed by atoms with Gasteiger partial charge < -0.3 is 15.4 Å². The lowest BCUT2D eigenvalue weighted by Crippen LogP contribution is -2.35. The van der Waals surface area contributed by atoms with E-state index in [0.29, 0.717) is 37.3 Å². The number of amides is 2. The molecule has 0 bridgehead atoms. The summed E-state index contributed by atoms with van der Waals surface area (Å²) in [5.41, 5.74) is 5.33. The van der Waals surface area contributed by atoms with Gasteiger partial charge in [0.15, 0.2) is 0 Å². The highest BCUT2D eigenvalue weighted by Gasteiger charge is 2.51. The molecule has 3 atom stereocenters. The Balaban J connectivity index is 1.13. The van der Waals surface area contributed by atoms with Crippen LogP contribution in [-0.2, 0) is 34.2 Å². The molecule has 8 nitrogen and oxygen atoms in total. The molecule has 188 valence electrons. The number of aromatic nitrogens is 3. The first kappa shape index (κ1) is 22.7. The van der Waals surface area contributed by atoms with Crippen molar-refractivity contribution in [1.29, 1.82) is 0 Å². The van der Waals surface area contributed by atoms with E-state index in [0.717, 1.165) is 33.6 Å². The normalized spacial score (nSPS) is 23.2. The van der Waals surface area contributed by atoms with E-state index in [4.69, 9.17) is 4.74 Å². The molecule has 0 radical (unpaired) electrons. The number of nitrogens with zero attached hydrogens (tertiary/aromatic N) is 3. The maximum absolute atomic E-state index is 13.4. The van der Waals surface area contributed by atoms with E-state index in [1.165, 1.54) is 0 Å². The highest BCUT2D eigenvalue weighted by Crippen LogP contribution is 2.46. The second kappa shape index (κ2) is 8.85. The molecule has 8 heteroatoms. The summed E-state index contributed by atoms with van der Waals surface area (Å²) in [7, 11) is 0. The fourth-order valence-corrected chi connectivity index (χ4v) is 5.96. The van der Waals surface area contributed by atoms with Crippen LogP contribution in [0.2, 0.25) is 0 Å². The summed E-state index contributed by atoms with van der Waals surface area (Å²) in [5.74, 6) is 0.292. The molecule has 0 saturated heterocycles. The van der Waals surface area contributed by atoms with Crippen LogP contribution in [0.15, 0.2) is 79.3 Å². The summed E-state index contributed by atoms with van der Waals surface area (Å²) < 4.78 is 6.28. The zero-order chi connectivity index (χ0) is 25.7. The Labute approximate surface area is 219 Å². The van der Waals surface area contributed by atoms with E-state index in [9.17, 15) is 9.59 Å². The van der Waals surface area contributed by atoms with Crippen LogP contribution in [0.1, 0.15) is 56.1 Å². The predicted octanol–water partition coefficient (Wildman–Crippen LogP) is 3.65. The lowest BCUT2D eigenvalue weighted by atomic mass is 9.80. The van der Waals surface area contributed by atoms with E-state index >= 15 is 0 Å². The SMILES string of the molecule is O=C(NC1COC(c2ccccc2)Cc2cccnc21)c1cnc2c(c1)CC1(C2)C(=O)Nc2ncccc21. The monoisotopic (exact) mass is 503 g/mol. The predicted molar refractivity (Wildman–Crippen MR) is 139 cm³/mol. The summed E-state index contributed by atoms with van der Waals surface area (Å²) in [5, 5.41) is 6.03. The average Bonchev–Trinajstić information content (AvgIpc) is 3.40. The van der Waals surface area contributed by atoms with E-state index < -0.39 is 11.5 Å². The topological polar surface area (TPSA) is 106 Å². The third-order valence-electron chi connectivity index (χ3n) is 7.88. The molecule has 2 N–H and O–H groups in total. The van der Waals surface area contributed by atoms with Crippen molar-refractivity contribution in [2.45, 2.75) is 36.8 Å². The molecule has 1 aliphatic carbocycles. The molecular formula is C30H25N5O3. The van der Waals surface area contributed by atoms with E-state index in [1.54, 1.807) is 18.6 Å². The first-order chi connectivity index (χ1) is 18.6. The number of fused-ring (bicyclic) bond motifs is 4. The van der Waals surface area contributed by atoms with E-state index in [2.05, 4.69) is 37.7 Å². The van der Waals surface area contributed by atoms with Crippen molar-refractivity contribution in [2.24, 2.45) is 0 Å². The van der Waals surface area contributed by atoms with Crippen LogP contribution < -0.4 is 10.6 Å². The maximum Gasteiger partial charge on any atom is 0.253 e. The van der Waals surface area contributed by atoms with Crippen LogP contribution in [-0.4, -0.2) is 33.4 Å². The van der Waals surface area contributed by atoms with Gasteiger partial charge in [0.05, 0.1) is 35.4 Å². The summed E-state index contributed by atoms with van der Waals surface area (Å²) in [6, 6.07) is 19.3. The van der Waals surface area contributed by atoms with Gasteiger partial charge in [-0.1, -0.05) is 42.5 Å². The van der Waals surface area contributed by atoms with Gasteiger partial charge in [-0.25, -0.2) is 4.98 Å². The molecule has 7 rings (SSSR count). The Bertz CT molecular complexity index is 1570. The van der Waals surface area contributed by atoms with Crippen molar-refractivity contribution < 1.29 is 14.3 Å². The third kappa shape index (κ3) is 3.68. The molecule has 3 aliphatic rings. The average molecular weight is 504 g/mol. The zero-order valence-electron chi connectivity index (χ0n) is 20.6. The molecule has 1 spiro atoms. The zero-order valence-corrected chi connectivity index (χ0v) is 20.6. The number of hydrogen-bond donors (Lipinski definition) is 2. The summed E-state index contributed by atoms with van der Waals surface area (Å²) >= 11 is 0. The molecule has 4 aromatic rings. The fraction of sp³-hybridized carbons (Fsp3) is 0.233. The van der Waals surface area contributed by atoms with Crippen molar-refractivity contribution in [3.63, 3.8) is 0 Å². The molecule has 38 heavy (non-hydrogen) atoms. The molecule has 2 amide bonds. The first-order valence-electron chi connectivity index (χ1n) is 12.8. The van der Waals surface area contributed by atoms with Crippen molar-refractivity contribution in [3.8, 4) is 0 Å². The number of carbonyl (C=O) groups excluding carboxylic acids is 2. The minimum absolute atomic E-state index is 0.0681. The maximum atomic E-state index is 13.4. The Kier molecular flexibility index (Phi) is 5.30. The second-order valence-electron chi connectivity index (χ2n) is 10.1. The Morgan fingerprint density at radius 2 is 1.82 bits per heavy atom. The van der Waals surface area contributed by atoms with Crippen LogP contribution in [0.5, 0.6) is 0 Å². The van der Waals surface area contributed by atoms with Crippen LogP contribution in [0.25, 0.3) is 0 Å². The minimum Gasteiger partial charge on any atom is -0.371 e. The Morgan fingerprint density at radius 3 is 2.71 bits per heavy atom. The van der Waals surface area contributed by atoms with Crippen LogP contribution in [0, 0.1) is 0 Å². The lowest BCUT2D eigenvalue weighted by molar-refractivity contribution is -0.120. The van der Waals surface area contributed by atoms with Crippen LogP contribution >= 0.6 is 0 Å². The smallest absolute Gasteiger partial charge is 0.253 e. The molecule has 0 fully saturated rings. The highest BCUT2D eigenvalue weighted by atomic mass is 16.5. The standard InChI is InChI=1S/C30H25N5O3/c36-28(34-24-17-38-25(18-6-2-1-3-7-18)13-19-8-4-10-31-26(19)24)21-12-20-14-30(15-23(20)33-16-21)22-9-5-11-32-27(22)35-29(30)37/h1-12,16,24-25H,13-15,17H2,(H,34,36)(H,32,35,37). The Hall–Kier alpha value is -4.43. The highest BCUT2D eigenvalue weighted by molar-refractivity contribution is 6.06. The summed E-state index contributed by atoms with van der Waals surface area (Å²) in [6.07, 6.45) is 6.55. The van der Waals surface area contributed by atoms with Crippen molar-refractivity contribution in [3.05, 3.63) is 118 Å². The molecule has 2 aliphatic heterocycles. The third-order valence-corrected chi connectivity index (χ3v) is 7.88. The minimum atomic E-state index is -0.724. The molecule has 3 unspecified atom stereocenters. The Morgan fingerprint density at radius 1 is 0.974 bits per heavy atom. The summed E-state index contributed by atoms with van der Waals surface area (Å²) in [4.78, 5) is 40.0. The number of hydrogen-bond acceptors (Lipinski definition) is 6. The van der Waals surface area contributed by atoms with E-state index in [-0.39, 0.29) is 17.9 Å².